The molecule has 1 fully saturated rings. The predicted octanol–water partition coefficient (Wildman–Crippen LogP) is 2.73. The van der Waals surface area contributed by atoms with Gasteiger partial charge < -0.3 is 14.5 Å². The molecule has 0 aliphatic carbocycles. The minimum atomic E-state index is -0.742. The van der Waals surface area contributed by atoms with Gasteiger partial charge in [0.25, 0.3) is 5.91 Å². The number of carbonyl (C=O) groups is 2. The van der Waals surface area contributed by atoms with Crippen molar-refractivity contribution in [3.63, 3.8) is 0 Å². The number of anilines is 1. The van der Waals surface area contributed by atoms with E-state index in [1.165, 1.54) is 0 Å². The predicted molar refractivity (Wildman–Crippen MR) is 98.0 cm³/mol. The maximum absolute atomic E-state index is 12.9. The third-order valence-electron chi connectivity index (χ3n) is 4.92. The zero-order valence-electron chi connectivity index (χ0n) is 14.7. The summed E-state index contributed by atoms with van der Waals surface area (Å²) in [5.74, 6) is -0.150. The molecule has 2 aliphatic rings. The summed E-state index contributed by atoms with van der Waals surface area (Å²) in [7, 11) is 2.03. The molecule has 0 bridgehead atoms. The Bertz CT molecular complexity index is 816. The van der Waals surface area contributed by atoms with Gasteiger partial charge in [0.2, 0.25) is 6.23 Å². The number of benzene rings is 2. The van der Waals surface area contributed by atoms with Gasteiger partial charge in [0.05, 0.1) is 0 Å². The second-order valence-corrected chi connectivity index (χ2v) is 6.62. The number of piperazine rings is 1. The van der Waals surface area contributed by atoms with Crippen molar-refractivity contribution in [3.8, 4) is 0 Å². The number of ether oxygens (including phenoxy) is 1. The Kier molecular flexibility index (Phi) is 4.34. The van der Waals surface area contributed by atoms with Crippen LogP contribution in [0.1, 0.15) is 22.1 Å². The minimum Gasteiger partial charge on any atom is -0.420 e. The fourth-order valence-electron chi connectivity index (χ4n) is 3.40. The van der Waals surface area contributed by atoms with Gasteiger partial charge in [0.1, 0.15) is 0 Å². The van der Waals surface area contributed by atoms with Crippen molar-refractivity contribution in [3.05, 3.63) is 65.7 Å². The topological polar surface area (TPSA) is 53.1 Å². The zero-order chi connectivity index (χ0) is 18.1. The summed E-state index contributed by atoms with van der Waals surface area (Å²) < 4.78 is 5.82. The fourth-order valence-corrected chi connectivity index (χ4v) is 3.40. The van der Waals surface area contributed by atoms with Crippen LogP contribution in [0.25, 0.3) is 0 Å². The fraction of sp³-hybridized carbons (Fsp3) is 0.300. The van der Waals surface area contributed by atoms with Gasteiger partial charge in [-0.1, -0.05) is 36.4 Å². The van der Waals surface area contributed by atoms with Crippen molar-refractivity contribution in [1.82, 2.24) is 9.80 Å². The first-order chi connectivity index (χ1) is 12.6. The number of nitrogens with zero attached hydrogens (tertiary/aromatic N) is 3. The number of likely N-dealkylation sites (N-methyl/N-ethyl adjacent to an activating group) is 1. The van der Waals surface area contributed by atoms with Crippen LogP contribution < -0.4 is 4.90 Å². The lowest BCUT2D eigenvalue weighted by Gasteiger charge is -2.33. The monoisotopic (exact) mass is 351 g/mol. The molecule has 1 unspecified atom stereocenters. The van der Waals surface area contributed by atoms with E-state index >= 15 is 0 Å². The largest absolute Gasteiger partial charge is 0.420 e. The summed E-state index contributed by atoms with van der Waals surface area (Å²) in [5, 5.41) is 0. The molecule has 1 saturated heterocycles. The van der Waals surface area contributed by atoms with Crippen molar-refractivity contribution in [2.24, 2.45) is 0 Å². The summed E-state index contributed by atoms with van der Waals surface area (Å²) in [6.45, 7) is 2.89. The number of hydrogen-bond acceptors (Lipinski definition) is 4. The van der Waals surface area contributed by atoms with Gasteiger partial charge in [-0.05, 0) is 25.2 Å². The van der Waals surface area contributed by atoms with Gasteiger partial charge in [0, 0.05) is 43.0 Å². The maximum atomic E-state index is 12.9. The van der Waals surface area contributed by atoms with Crippen LogP contribution in [-0.4, -0.2) is 55.0 Å². The van der Waals surface area contributed by atoms with Gasteiger partial charge in [-0.25, -0.2) is 4.79 Å². The Morgan fingerprint density at radius 1 is 0.962 bits per heavy atom. The zero-order valence-corrected chi connectivity index (χ0v) is 14.7. The van der Waals surface area contributed by atoms with Crippen molar-refractivity contribution in [2.75, 3.05) is 38.1 Å². The molecule has 2 aromatic carbocycles. The summed E-state index contributed by atoms with van der Waals surface area (Å²) in [4.78, 5) is 31.1. The van der Waals surface area contributed by atoms with Crippen LogP contribution in [0.5, 0.6) is 0 Å². The van der Waals surface area contributed by atoms with Crippen molar-refractivity contribution in [2.45, 2.75) is 6.23 Å². The van der Waals surface area contributed by atoms with Gasteiger partial charge in [-0.3, -0.25) is 9.69 Å². The molecule has 6 heteroatoms. The van der Waals surface area contributed by atoms with Crippen LogP contribution in [0, 0.1) is 0 Å². The number of amides is 2. The molecule has 2 aromatic rings. The summed E-state index contributed by atoms with van der Waals surface area (Å²) in [6, 6.07) is 16.6. The Labute approximate surface area is 152 Å². The minimum absolute atomic E-state index is 0.150. The van der Waals surface area contributed by atoms with Gasteiger partial charge in [-0.2, -0.15) is 0 Å². The van der Waals surface area contributed by atoms with Crippen molar-refractivity contribution >= 4 is 17.7 Å². The van der Waals surface area contributed by atoms with Crippen molar-refractivity contribution < 1.29 is 14.3 Å². The molecule has 0 aromatic heterocycles. The van der Waals surface area contributed by atoms with Crippen LogP contribution in [0.2, 0.25) is 0 Å². The van der Waals surface area contributed by atoms with E-state index < -0.39 is 6.23 Å². The molecule has 2 amide bonds. The molecule has 0 N–H and O–H groups in total. The smallest absolute Gasteiger partial charge is 0.412 e. The lowest BCUT2D eigenvalue weighted by molar-refractivity contribution is 0.0491. The third kappa shape index (κ3) is 2.93. The summed E-state index contributed by atoms with van der Waals surface area (Å²) in [5.41, 5.74) is 2.02. The molecule has 0 radical (unpaired) electrons. The first kappa shape index (κ1) is 16.6. The Hall–Kier alpha value is -2.86. The average Bonchev–Trinajstić information content (AvgIpc) is 2.95. The molecular formula is C20H21N3O3. The van der Waals surface area contributed by atoms with Crippen LogP contribution in [0.15, 0.2) is 54.6 Å². The van der Waals surface area contributed by atoms with Gasteiger partial charge in [-0.15, -0.1) is 0 Å². The molecule has 134 valence electrons. The molecule has 26 heavy (non-hydrogen) atoms. The first-order valence-electron chi connectivity index (χ1n) is 8.77. The van der Waals surface area contributed by atoms with E-state index in [4.69, 9.17) is 4.74 Å². The van der Waals surface area contributed by atoms with E-state index in [-0.39, 0.29) is 12.0 Å². The van der Waals surface area contributed by atoms with E-state index in [1.54, 1.807) is 15.9 Å². The lowest BCUT2D eigenvalue weighted by Crippen LogP contribution is -2.48. The van der Waals surface area contributed by atoms with E-state index in [0.717, 1.165) is 18.7 Å². The van der Waals surface area contributed by atoms with Crippen LogP contribution in [0.4, 0.5) is 10.5 Å². The highest BCUT2D eigenvalue weighted by molar-refractivity contribution is 6.11. The van der Waals surface area contributed by atoms with Crippen LogP contribution in [0.3, 0.4) is 0 Å². The van der Waals surface area contributed by atoms with Gasteiger partial charge in [0.15, 0.2) is 0 Å². The van der Waals surface area contributed by atoms with E-state index in [0.29, 0.717) is 24.3 Å². The summed E-state index contributed by atoms with van der Waals surface area (Å²) >= 11 is 0. The molecule has 2 heterocycles. The second-order valence-electron chi connectivity index (χ2n) is 6.62. The molecule has 0 saturated carbocycles. The van der Waals surface area contributed by atoms with Crippen molar-refractivity contribution in [1.29, 1.82) is 0 Å². The number of fused-ring (bicyclic) bond motifs is 1. The SMILES string of the molecule is CN1CCN(C(=O)OC2c3ccccc3C(=O)N2c2ccccc2)CC1. The number of para-hydroxylation sites is 1. The average molecular weight is 351 g/mol. The second kappa shape index (κ2) is 6.80. The third-order valence-corrected chi connectivity index (χ3v) is 4.92. The first-order valence-corrected chi connectivity index (χ1v) is 8.77. The Morgan fingerprint density at radius 2 is 1.62 bits per heavy atom. The number of carbonyl (C=O) groups excluding carboxylic acids is 2. The lowest BCUT2D eigenvalue weighted by atomic mass is 10.1. The molecule has 4 rings (SSSR count). The molecule has 6 nitrogen and oxygen atoms in total. The Balaban J connectivity index is 1.63. The number of hydrogen-bond donors (Lipinski definition) is 0. The molecule has 1 atom stereocenters. The number of rotatable bonds is 2. The molecule has 0 spiro atoms. The van der Waals surface area contributed by atoms with E-state index in [2.05, 4.69) is 4.90 Å². The highest BCUT2D eigenvalue weighted by Gasteiger charge is 2.40. The van der Waals surface area contributed by atoms with Crippen LogP contribution >= 0.6 is 0 Å². The normalized spacial score (nSPS) is 20.2. The molecule has 2 aliphatic heterocycles. The summed E-state index contributed by atoms with van der Waals surface area (Å²) in [6.07, 6.45) is -1.12. The highest BCUT2D eigenvalue weighted by atomic mass is 16.6. The quantitative estimate of drug-likeness (QED) is 0.835. The molecular weight excluding hydrogens is 330 g/mol. The van der Waals surface area contributed by atoms with Gasteiger partial charge >= 0.3 is 6.09 Å². The van der Waals surface area contributed by atoms with E-state index in [9.17, 15) is 9.59 Å². The van der Waals surface area contributed by atoms with Crippen LogP contribution in [-0.2, 0) is 4.74 Å². The maximum Gasteiger partial charge on any atom is 0.412 e. The highest BCUT2D eigenvalue weighted by Crippen LogP contribution is 2.38. The van der Waals surface area contributed by atoms with E-state index in [1.807, 2.05) is 55.6 Å². The Morgan fingerprint density at radius 3 is 2.35 bits per heavy atom. The standard InChI is InChI=1S/C20H21N3O3/c1-21-11-13-22(14-12-21)20(25)26-19-17-10-6-5-9-16(17)18(24)23(19)15-7-3-2-4-8-15/h2-10,19H,11-14H2,1H3.